The lowest BCUT2D eigenvalue weighted by Crippen LogP contribution is -2.22. The second kappa shape index (κ2) is 6.16. The summed E-state index contributed by atoms with van der Waals surface area (Å²) < 4.78 is 3.58. The first-order valence-electron chi connectivity index (χ1n) is 7.79. The van der Waals surface area contributed by atoms with Gasteiger partial charge in [0.25, 0.3) is 5.56 Å². The molecule has 0 fully saturated rings. The Labute approximate surface area is 138 Å². The molecule has 122 valence electrons. The molecule has 23 heavy (non-hydrogen) atoms. The molecule has 3 aromatic rings. The summed E-state index contributed by atoms with van der Waals surface area (Å²) in [5, 5.41) is 8.77. The van der Waals surface area contributed by atoms with Crippen molar-refractivity contribution in [2.24, 2.45) is 0 Å². The van der Waals surface area contributed by atoms with Gasteiger partial charge in [0.2, 0.25) is 4.96 Å². The Hall–Kier alpha value is -2.15. The van der Waals surface area contributed by atoms with Crippen LogP contribution in [0.4, 0.5) is 5.69 Å². The smallest absolute Gasteiger partial charge is 0.273 e. The normalized spacial score (nSPS) is 11.5. The molecular weight excluding hydrogens is 310 g/mol. The Kier molecular flexibility index (Phi) is 4.21. The summed E-state index contributed by atoms with van der Waals surface area (Å²) in [6, 6.07) is 3.70. The van der Waals surface area contributed by atoms with Crippen LogP contribution in [0.5, 0.6) is 0 Å². The number of hydrogen-bond donors (Lipinski definition) is 1. The number of imidazole rings is 1. The van der Waals surface area contributed by atoms with Crippen LogP contribution in [-0.4, -0.2) is 19.2 Å². The fourth-order valence-electron chi connectivity index (χ4n) is 2.63. The Morgan fingerprint density at radius 1 is 1.39 bits per heavy atom. The van der Waals surface area contributed by atoms with Crippen LogP contribution in [0.25, 0.3) is 4.96 Å². The van der Waals surface area contributed by atoms with Gasteiger partial charge in [-0.15, -0.1) is 0 Å². The molecule has 0 saturated heterocycles. The van der Waals surface area contributed by atoms with Crippen LogP contribution in [-0.2, 0) is 13.1 Å². The quantitative estimate of drug-likeness (QED) is 0.780. The SMILES string of the molecule is CCn1cccc(NCc2c(C(C)C)nc3sc(C)nn23)c1=O. The van der Waals surface area contributed by atoms with E-state index in [2.05, 4.69) is 24.3 Å². The molecule has 0 aliphatic carbocycles. The molecule has 0 saturated carbocycles. The van der Waals surface area contributed by atoms with Crippen molar-refractivity contribution in [1.29, 1.82) is 0 Å². The first-order chi connectivity index (χ1) is 11.0. The van der Waals surface area contributed by atoms with Gasteiger partial charge in [0.05, 0.1) is 17.9 Å². The Bertz CT molecular complexity index is 890. The molecule has 0 spiro atoms. The number of rotatable bonds is 5. The summed E-state index contributed by atoms with van der Waals surface area (Å²) in [5.41, 5.74) is 2.65. The molecule has 0 aromatic carbocycles. The van der Waals surface area contributed by atoms with E-state index >= 15 is 0 Å². The minimum atomic E-state index is -0.00341. The van der Waals surface area contributed by atoms with Gasteiger partial charge in [-0.05, 0) is 31.9 Å². The molecule has 0 amide bonds. The van der Waals surface area contributed by atoms with Gasteiger partial charge < -0.3 is 9.88 Å². The average molecular weight is 331 g/mol. The van der Waals surface area contributed by atoms with Crippen molar-refractivity contribution in [2.75, 3.05) is 5.32 Å². The van der Waals surface area contributed by atoms with Gasteiger partial charge in [0.15, 0.2) is 0 Å². The van der Waals surface area contributed by atoms with E-state index in [-0.39, 0.29) is 5.56 Å². The minimum absolute atomic E-state index is 0.00341. The molecule has 3 rings (SSSR count). The lowest BCUT2D eigenvalue weighted by molar-refractivity contribution is 0.726. The van der Waals surface area contributed by atoms with E-state index in [1.54, 1.807) is 22.1 Å². The Balaban J connectivity index is 1.95. The van der Waals surface area contributed by atoms with Crippen molar-refractivity contribution >= 4 is 22.0 Å². The van der Waals surface area contributed by atoms with E-state index in [1.807, 2.05) is 30.5 Å². The van der Waals surface area contributed by atoms with Gasteiger partial charge in [-0.2, -0.15) is 5.10 Å². The largest absolute Gasteiger partial charge is 0.375 e. The Morgan fingerprint density at radius 3 is 2.87 bits per heavy atom. The second-order valence-corrected chi connectivity index (χ2v) is 6.94. The maximum absolute atomic E-state index is 12.3. The highest BCUT2D eigenvalue weighted by molar-refractivity contribution is 7.16. The third-order valence-corrected chi connectivity index (χ3v) is 4.61. The molecule has 1 N–H and O–H groups in total. The summed E-state index contributed by atoms with van der Waals surface area (Å²) in [7, 11) is 0. The monoisotopic (exact) mass is 331 g/mol. The number of anilines is 1. The highest BCUT2D eigenvalue weighted by Crippen LogP contribution is 2.24. The van der Waals surface area contributed by atoms with Crippen molar-refractivity contribution in [2.45, 2.75) is 46.7 Å². The summed E-state index contributed by atoms with van der Waals surface area (Å²) in [5.74, 6) is 0.309. The number of hydrogen-bond acceptors (Lipinski definition) is 5. The molecule has 7 heteroatoms. The number of nitrogens with zero attached hydrogens (tertiary/aromatic N) is 4. The third kappa shape index (κ3) is 2.88. The zero-order chi connectivity index (χ0) is 16.6. The van der Waals surface area contributed by atoms with Gasteiger partial charge in [0.1, 0.15) is 10.7 Å². The van der Waals surface area contributed by atoms with Gasteiger partial charge in [-0.25, -0.2) is 9.50 Å². The molecule has 3 heterocycles. The number of aryl methyl sites for hydroxylation is 2. The van der Waals surface area contributed by atoms with Crippen molar-refractivity contribution in [3.63, 3.8) is 0 Å². The highest BCUT2D eigenvalue weighted by atomic mass is 32.1. The van der Waals surface area contributed by atoms with E-state index in [0.717, 1.165) is 21.4 Å². The maximum Gasteiger partial charge on any atom is 0.273 e. The van der Waals surface area contributed by atoms with Gasteiger partial charge in [-0.3, -0.25) is 4.79 Å². The van der Waals surface area contributed by atoms with Crippen molar-refractivity contribution in [1.82, 2.24) is 19.2 Å². The lowest BCUT2D eigenvalue weighted by atomic mass is 10.1. The van der Waals surface area contributed by atoms with Crippen molar-refractivity contribution in [3.05, 3.63) is 45.1 Å². The predicted molar refractivity (Wildman–Crippen MR) is 93.4 cm³/mol. The number of pyridine rings is 1. The number of fused-ring (bicyclic) bond motifs is 1. The van der Waals surface area contributed by atoms with Gasteiger partial charge >= 0.3 is 0 Å². The summed E-state index contributed by atoms with van der Waals surface area (Å²) >= 11 is 1.58. The van der Waals surface area contributed by atoms with Gasteiger partial charge in [0, 0.05) is 12.7 Å². The molecule has 0 bridgehead atoms. The molecule has 0 atom stereocenters. The standard InChI is InChI=1S/C16H21N5OS/c1-5-20-8-6-7-12(15(20)22)17-9-13-14(10(2)3)18-16-21(13)19-11(4)23-16/h6-8,10,17H,5,9H2,1-4H3. The highest BCUT2D eigenvalue weighted by Gasteiger charge is 2.18. The minimum Gasteiger partial charge on any atom is -0.375 e. The van der Waals surface area contributed by atoms with Crippen LogP contribution < -0.4 is 10.9 Å². The van der Waals surface area contributed by atoms with Crippen LogP contribution in [0.3, 0.4) is 0 Å². The fourth-order valence-corrected chi connectivity index (χ4v) is 3.40. The van der Waals surface area contributed by atoms with Crippen molar-refractivity contribution < 1.29 is 0 Å². The second-order valence-electron chi connectivity index (χ2n) is 5.78. The van der Waals surface area contributed by atoms with Gasteiger partial charge in [-0.1, -0.05) is 25.2 Å². The average Bonchev–Trinajstić information content (AvgIpc) is 3.02. The Morgan fingerprint density at radius 2 is 2.17 bits per heavy atom. The summed E-state index contributed by atoms with van der Waals surface area (Å²) in [6.45, 7) is 9.36. The van der Waals surface area contributed by atoms with E-state index < -0.39 is 0 Å². The first-order valence-corrected chi connectivity index (χ1v) is 8.61. The van der Waals surface area contributed by atoms with Crippen LogP contribution >= 0.6 is 11.3 Å². The molecule has 3 aromatic heterocycles. The number of nitrogens with one attached hydrogen (secondary N) is 1. The molecular formula is C16H21N5OS. The first kappa shape index (κ1) is 15.7. The molecule has 0 radical (unpaired) electrons. The fraction of sp³-hybridized carbons (Fsp3) is 0.438. The van der Waals surface area contributed by atoms with E-state index in [1.165, 1.54) is 0 Å². The zero-order valence-electron chi connectivity index (χ0n) is 13.8. The molecule has 0 aliphatic heterocycles. The molecule has 0 aliphatic rings. The van der Waals surface area contributed by atoms with E-state index in [9.17, 15) is 4.79 Å². The summed E-state index contributed by atoms with van der Waals surface area (Å²) in [6.07, 6.45) is 1.80. The van der Waals surface area contributed by atoms with Crippen molar-refractivity contribution in [3.8, 4) is 0 Å². The van der Waals surface area contributed by atoms with Crippen LogP contribution in [0.15, 0.2) is 23.1 Å². The zero-order valence-corrected chi connectivity index (χ0v) is 14.6. The lowest BCUT2D eigenvalue weighted by Gasteiger charge is -2.10. The predicted octanol–water partition coefficient (Wildman–Crippen LogP) is 3.02. The molecule has 0 unspecified atom stereocenters. The summed E-state index contributed by atoms with van der Waals surface area (Å²) in [4.78, 5) is 17.9. The number of aromatic nitrogens is 4. The third-order valence-electron chi connectivity index (χ3n) is 3.78. The van der Waals surface area contributed by atoms with Crippen LogP contribution in [0.2, 0.25) is 0 Å². The van der Waals surface area contributed by atoms with E-state index in [4.69, 9.17) is 4.98 Å². The topological polar surface area (TPSA) is 64.2 Å². The van der Waals surface area contributed by atoms with Crippen LogP contribution in [0.1, 0.15) is 43.1 Å². The van der Waals surface area contributed by atoms with E-state index in [0.29, 0.717) is 24.7 Å². The van der Waals surface area contributed by atoms with Crippen LogP contribution in [0, 0.1) is 6.92 Å². The molecule has 6 nitrogen and oxygen atoms in total. The maximum atomic E-state index is 12.3.